The van der Waals surface area contributed by atoms with Crippen molar-refractivity contribution in [2.24, 2.45) is 0 Å². The Kier molecular flexibility index (Phi) is 44.3. The molecule has 0 fully saturated rings. The van der Waals surface area contributed by atoms with Crippen molar-refractivity contribution >= 4 is 17.9 Å². The number of carbonyl (C=O) groups is 3. The number of allylic oxidation sites excluding steroid dienone is 24. The average molecular weight is 839 g/mol. The summed E-state index contributed by atoms with van der Waals surface area (Å²) in [5, 5.41) is 0. The van der Waals surface area contributed by atoms with Crippen LogP contribution in [0.1, 0.15) is 162 Å². The number of ether oxygens (including phenoxy) is 3. The Morgan fingerprint density at radius 3 is 1.25 bits per heavy atom. The van der Waals surface area contributed by atoms with Gasteiger partial charge in [-0.3, -0.25) is 14.4 Å². The van der Waals surface area contributed by atoms with Gasteiger partial charge in [0.05, 0.1) is 0 Å². The lowest BCUT2D eigenvalue weighted by molar-refractivity contribution is -0.167. The van der Waals surface area contributed by atoms with E-state index in [4.69, 9.17) is 14.2 Å². The first-order valence-electron chi connectivity index (χ1n) is 23.4. The van der Waals surface area contributed by atoms with Crippen LogP contribution in [-0.2, 0) is 28.6 Å². The van der Waals surface area contributed by atoms with E-state index in [0.29, 0.717) is 19.3 Å². The second-order valence-corrected chi connectivity index (χ2v) is 14.7. The van der Waals surface area contributed by atoms with E-state index < -0.39 is 12.1 Å². The van der Waals surface area contributed by atoms with Crippen molar-refractivity contribution in [3.05, 3.63) is 146 Å². The highest BCUT2D eigenvalue weighted by molar-refractivity contribution is 5.71. The third-order valence-corrected chi connectivity index (χ3v) is 8.97. The zero-order chi connectivity index (χ0) is 44.4. The number of hydrogen-bond acceptors (Lipinski definition) is 6. The molecule has 0 aromatic carbocycles. The van der Waals surface area contributed by atoms with Crippen LogP contribution < -0.4 is 0 Å². The predicted molar refractivity (Wildman–Crippen MR) is 260 cm³/mol. The van der Waals surface area contributed by atoms with Gasteiger partial charge in [0.2, 0.25) is 0 Å². The predicted octanol–water partition coefficient (Wildman–Crippen LogP) is 15.3. The molecule has 0 saturated carbocycles. The normalized spacial score (nSPS) is 13.4. The van der Waals surface area contributed by atoms with Crippen LogP contribution in [0.3, 0.4) is 0 Å². The fourth-order valence-electron chi connectivity index (χ4n) is 5.51. The minimum atomic E-state index is -0.842. The highest BCUT2D eigenvalue weighted by Gasteiger charge is 2.19. The summed E-state index contributed by atoms with van der Waals surface area (Å²) in [4.78, 5) is 37.7. The van der Waals surface area contributed by atoms with Crippen molar-refractivity contribution in [3.8, 4) is 0 Å². The smallest absolute Gasteiger partial charge is 0.306 e. The second-order valence-electron chi connectivity index (χ2n) is 14.7. The van der Waals surface area contributed by atoms with Gasteiger partial charge in [-0.1, -0.05) is 192 Å². The van der Waals surface area contributed by atoms with Gasteiger partial charge < -0.3 is 14.2 Å². The molecule has 0 N–H and O–H groups in total. The van der Waals surface area contributed by atoms with E-state index in [2.05, 4.69) is 106 Å². The van der Waals surface area contributed by atoms with E-state index >= 15 is 0 Å². The summed E-state index contributed by atoms with van der Waals surface area (Å²) in [6.45, 7) is 6.19. The van der Waals surface area contributed by atoms with Gasteiger partial charge in [-0.2, -0.15) is 0 Å². The van der Waals surface area contributed by atoms with Gasteiger partial charge in [0.15, 0.2) is 6.10 Å². The molecule has 0 bridgehead atoms. The Balaban J connectivity index is 4.61. The maximum Gasteiger partial charge on any atom is 0.306 e. The van der Waals surface area contributed by atoms with Crippen LogP contribution in [-0.4, -0.2) is 37.2 Å². The number of hydrogen-bond donors (Lipinski definition) is 0. The molecule has 0 saturated heterocycles. The zero-order valence-corrected chi connectivity index (χ0v) is 38.4. The number of carbonyl (C=O) groups excluding carboxylic acids is 3. The third-order valence-electron chi connectivity index (χ3n) is 8.97. The van der Waals surface area contributed by atoms with Gasteiger partial charge in [-0.25, -0.2) is 0 Å². The van der Waals surface area contributed by atoms with Crippen LogP contribution in [0.4, 0.5) is 0 Å². The van der Waals surface area contributed by atoms with Crippen LogP contribution in [0.5, 0.6) is 0 Å². The Bertz CT molecular complexity index is 1430. The van der Waals surface area contributed by atoms with Crippen molar-refractivity contribution in [2.45, 2.75) is 168 Å². The van der Waals surface area contributed by atoms with Crippen molar-refractivity contribution in [1.82, 2.24) is 0 Å². The van der Waals surface area contributed by atoms with Gasteiger partial charge in [-0.15, -0.1) is 0 Å². The average Bonchev–Trinajstić information content (AvgIpc) is 3.26. The van der Waals surface area contributed by atoms with E-state index in [9.17, 15) is 14.4 Å². The van der Waals surface area contributed by atoms with Crippen molar-refractivity contribution in [1.29, 1.82) is 0 Å². The minimum absolute atomic E-state index is 0.137. The van der Waals surface area contributed by atoms with Crippen molar-refractivity contribution < 1.29 is 28.6 Å². The molecule has 338 valence electrons. The molecule has 0 aliphatic carbocycles. The fourth-order valence-corrected chi connectivity index (χ4v) is 5.51. The summed E-state index contributed by atoms with van der Waals surface area (Å²) in [7, 11) is 0. The maximum absolute atomic E-state index is 12.7. The molecule has 1 atom stereocenters. The monoisotopic (exact) mass is 839 g/mol. The fraction of sp³-hybridized carbons (Fsp3) is 0.509. The third kappa shape index (κ3) is 46.2. The van der Waals surface area contributed by atoms with E-state index in [1.807, 2.05) is 60.8 Å². The maximum atomic E-state index is 12.7. The molecule has 0 aromatic heterocycles. The summed E-state index contributed by atoms with van der Waals surface area (Å²) < 4.78 is 16.6. The van der Waals surface area contributed by atoms with E-state index in [-0.39, 0.29) is 44.4 Å². The first-order valence-corrected chi connectivity index (χ1v) is 23.4. The topological polar surface area (TPSA) is 78.9 Å². The Morgan fingerprint density at radius 1 is 0.361 bits per heavy atom. The highest BCUT2D eigenvalue weighted by Crippen LogP contribution is 2.10. The molecule has 0 amide bonds. The quantitative estimate of drug-likeness (QED) is 0.0202. The molecular weight excluding hydrogens is 757 g/mol. The van der Waals surface area contributed by atoms with Crippen LogP contribution in [0.2, 0.25) is 0 Å². The zero-order valence-electron chi connectivity index (χ0n) is 38.4. The van der Waals surface area contributed by atoms with E-state index in [0.717, 1.165) is 77.0 Å². The Labute approximate surface area is 372 Å². The molecule has 0 aromatic rings. The summed E-state index contributed by atoms with van der Waals surface area (Å²) >= 11 is 0. The van der Waals surface area contributed by atoms with Gasteiger partial charge in [0, 0.05) is 19.3 Å². The second kappa shape index (κ2) is 48.0. The van der Waals surface area contributed by atoms with Crippen molar-refractivity contribution in [2.75, 3.05) is 13.2 Å². The van der Waals surface area contributed by atoms with Gasteiger partial charge in [0.25, 0.3) is 0 Å². The summed E-state index contributed by atoms with van der Waals surface area (Å²) in [5.74, 6) is -1.09. The lowest BCUT2D eigenvalue weighted by Gasteiger charge is -2.18. The molecule has 1 unspecified atom stereocenters. The molecule has 6 heteroatoms. The minimum Gasteiger partial charge on any atom is -0.462 e. The molecule has 61 heavy (non-hydrogen) atoms. The largest absolute Gasteiger partial charge is 0.462 e. The summed E-state index contributed by atoms with van der Waals surface area (Å²) in [6, 6.07) is 0. The standard InChI is InChI=1S/C55H82O6/c1-4-7-10-13-16-19-21-23-25-27-29-31-33-36-39-42-45-48-54(57)60-51-52(50-59-53(56)47-44-41-38-35-18-15-12-9-6-3)61-55(58)49-46-43-40-37-34-32-30-28-26-24-22-20-17-14-11-8-5-2/h7-8,10-11,13,16-17,19-21,23-27,29-33,35,37-38,40,52H,4-6,9,12,14-15,18,22,28,34,36,39,41-51H2,1-3H3/b10-7-,11-8-,16-13-,20-17-,21-19-,25-23-,26-24-,29-27+,32-30-,33-31-,38-35-,40-37-. The molecule has 6 nitrogen and oxygen atoms in total. The van der Waals surface area contributed by atoms with Gasteiger partial charge in [-0.05, 0) is 96.3 Å². The molecule has 0 aliphatic heterocycles. The van der Waals surface area contributed by atoms with Gasteiger partial charge in [0.1, 0.15) is 13.2 Å². The number of unbranched alkanes of at least 4 members (excludes halogenated alkanes) is 9. The molecule has 0 aliphatic rings. The van der Waals surface area contributed by atoms with Gasteiger partial charge >= 0.3 is 17.9 Å². The van der Waals surface area contributed by atoms with Crippen LogP contribution in [0, 0.1) is 0 Å². The summed E-state index contributed by atoms with van der Waals surface area (Å²) in [6.07, 6.45) is 68.4. The van der Waals surface area contributed by atoms with Crippen LogP contribution >= 0.6 is 0 Å². The Hall–Kier alpha value is -4.71. The summed E-state index contributed by atoms with van der Waals surface area (Å²) in [5.41, 5.74) is 0. The molecule has 0 radical (unpaired) electrons. The van der Waals surface area contributed by atoms with Crippen LogP contribution in [0.25, 0.3) is 0 Å². The Morgan fingerprint density at radius 2 is 0.738 bits per heavy atom. The first-order chi connectivity index (χ1) is 30.0. The van der Waals surface area contributed by atoms with E-state index in [1.54, 1.807) is 0 Å². The lowest BCUT2D eigenvalue weighted by atomic mass is 10.1. The molecule has 0 rings (SSSR count). The molecular formula is C55H82O6. The van der Waals surface area contributed by atoms with Crippen LogP contribution in [0.15, 0.2) is 146 Å². The lowest BCUT2D eigenvalue weighted by Crippen LogP contribution is -2.30. The number of rotatable bonds is 39. The molecule has 0 spiro atoms. The first kappa shape index (κ1) is 56.3. The molecule has 0 heterocycles. The SMILES string of the molecule is CC\C=C/C=C\C=C/C=C\C=C\C=C/CCCCCC(=O)OCC(COC(=O)CCC/C=C\CCCCCC)OC(=O)CCC/C=C\C/C=C\C/C=C\C/C=C\C/C=C\CC. The number of esters is 3. The van der Waals surface area contributed by atoms with E-state index in [1.165, 1.54) is 25.7 Å². The highest BCUT2D eigenvalue weighted by atomic mass is 16.6. The van der Waals surface area contributed by atoms with Crippen molar-refractivity contribution in [3.63, 3.8) is 0 Å².